The molecule has 0 aliphatic heterocycles. The van der Waals surface area contributed by atoms with Gasteiger partial charge < -0.3 is 9.53 Å². The number of aromatic nitrogens is 3. The first-order chi connectivity index (χ1) is 17.3. The quantitative estimate of drug-likeness (QED) is 0.382. The number of anilines is 1. The fourth-order valence-corrected chi connectivity index (χ4v) is 5.17. The van der Waals surface area contributed by atoms with Crippen molar-refractivity contribution in [2.24, 2.45) is 0 Å². The Labute approximate surface area is 219 Å². The lowest BCUT2D eigenvalue weighted by Gasteiger charge is -2.40. The summed E-state index contributed by atoms with van der Waals surface area (Å²) in [4.78, 5) is 45.1. The lowest BCUT2D eigenvalue weighted by molar-refractivity contribution is -0.127. The number of hydrogen-bond donors (Lipinski definition) is 1. The van der Waals surface area contributed by atoms with Gasteiger partial charge in [0, 0.05) is 36.0 Å². The van der Waals surface area contributed by atoms with Crippen LogP contribution in [0.2, 0.25) is 0 Å². The van der Waals surface area contributed by atoms with Crippen LogP contribution in [-0.4, -0.2) is 60.2 Å². The first-order valence-electron chi connectivity index (χ1n) is 11.2. The minimum absolute atomic E-state index is 0.0986. The minimum atomic E-state index is -4.05. The Hall–Kier alpha value is -3.58. The normalized spacial score (nSPS) is 13.4. The predicted octanol–water partition coefficient (Wildman–Crippen LogP) is 2.40. The average molecular weight is 548 g/mol. The summed E-state index contributed by atoms with van der Waals surface area (Å²) in [5, 5.41) is 5.82. The summed E-state index contributed by atoms with van der Waals surface area (Å²) in [5.74, 6) is -1.28. The van der Waals surface area contributed by atoms with E-state index < -0.39 is 33.8 Å². The van der Waals surface area contributed by atoms with E-state index in [0.29, 0.717) is 12.0 Å². The van der Waals surface area contributed by atoms with Crippen LogP contribution in [0.3, 0.4) is 0 Å². The van der Waals surface area contributed by atoms with E-state index in [1.165, 1.54) is 24.2 Å². The van der Waals surface area contributed by atoms with E-state index >= 15 is 0 Å². The highest BCUT2D eigenvalue weighted by Gasteiger charge is 2.50. The summed E-state index contributed by atoms with van der Waals surface area (Å²) in [5.41, 5.74) is -1.29. The van der Waals surface area contributed by atoms with Crippen molar-refractivity contribution in [2.75, 3.05) is 18.3 Å². The van der Waals surface area contributed by atoms with E-state index in [9.17, 15) is 22.8 Å². The fourth-order valence-electron chi connectivity index (χ4n) is 3.92. The number of carbonyl (C=O) groups excluding carboxylic acids is 3. The van der Waals surface area contributed by atoms with E-state index in [-0.39, 0.29) is 22.7 Å². The molecule has 0 aliphatic carbocycles. The second-order valence-electron chi connectivity index (χ2n) is 9.43. The molecule has 0 bridgehead atoms. The lowest BCUT2D eigenvalue weighted by atomic mass is 9.85. The number of carbonyl (C=O) groups is 3. The molecule has 1 unspecified atom stereocenters. The molecule has 3 rings (SSSR count). The van der Waals surface area contributed by atoms with Crippen molar-refractivity contribution in [2.45, 2.75) is 44.7 Å². The zero-order valence-corrected chi connectivity index (χ0v) is 22.8. The standard InChI is InChI=1S/C24H29N5O6S2/c1-23(2,3)18-8-7-17(15-19(18)35-4)20(31)29(22-25-11-14-36-22)24(9-13-30,16-28-12-6-10-26-28)21(32)27-37(5,33)34/h6-8,10-15H,9,16H2,1-5H3,(H,27,32). The summed E-state index contributed by atoms with van der Waals surface area (Å²) in [7, 11) is -2.56. The number of amides is 2. The Morgan fingerprint density at radius 1 is 1.24 bits per heavy atom. The number of benzene rings is 1. The largest absolute Gasteiger partial charge is 0.496 e. The van der Waals surface area contributed by atoms with Gasteiger partial charge in [0.15, 0.2) is 10.7 Å². The van der Waals surface area contributed by atoms with Crippen molar-refractivity contribution in [3.8, 4) is 5.75 Å². The molecule has 1 N–H and O–H groups in total. The Morgan fingerprint density at radius 2 is 1.97 bits per heavy atom. The monoisotopic (exact) mass is 547 g/mol. The van der Waals surface area contributed by atoms with Crippen LogP contribution >= 0.6 is 11.3 Å². The molecule has 1 aromatic carbocycles. The number of rotatable bonds is 10. The second-order valence-corrected chi connectivity index (χ2v) is 12.1. The lowest BCUT2D eigenvalue weighted by Crippen LogP contribution is -2.64. The molecular formula is C24H29N5O6S2. The van der Waals surface area contributed by atoms with Gasteiger partial charge in [-0.2, -0.15) is 5.10 Å². The van der Waals surface area contributed by atoms with E-state index in [2.05, 4.69) is 10.1 Å². The number of thiazole rings is 1. The molecule has 37 heavy (non-hydrogen) atoms. The number of nitrogens with zero attached hydrogens (tertiary/aromatic N) is 4. The van der Waals surface area contributed by atoms with Gasteiger partial charge >= 0.3 is 0 Å². The summed E-state index contributed by atoms with van der Waals surface area (Å²) < 4.78 is 33.0. The van der Waals surface area contributed by atoms with Crippen molar-refractivity contribution in [1.29, 1.82) is 0 Å². The third-order valence-corrected chi connectivity index (χ3v) is 6.92. The van der Waals surface area contributed by atoms with Gasteiger partial charge in [-0.05, 0) is 29.2 Å². The molecule has 3 aromatic rings. The van der Waals surface area contributed by atoms with Gasteiger partial charge in [-0.3, -0.25) is 23.9 Å². The highest BCUT2D eigenvalue weighted by atomic mass is 32.2. The Morgan fingerprint density at radius 3 is 2.49 bits per heavy atom. The third kappa shape index (κ3) is 6.23. The van der Waals surface area contributed by atoms with Crippen molar-refractivity contribution in [3.63, 3.8) is 0 Å². The van der Waals surface area contributed by atoms with Gasteiger partial charge in [0.05, 0.1) is 19.9 Å². The molecule has 2 amide bonds. The van der Waals surface area contributed by atoms with E-state index in [1.54, 1.807) is 35.8 Å². The van der Waals surface area contributed by atoms with Crippen LogP contribution in [0.5, 0.6) is 5.75 Å². The topological polar surface area (TPSA) is 141 Å². The Kier molecular flexibility index (Phi) is 8.18. The zero-order valence-electron chi connectivity index (χ0n) is 21.2. The zero-order chi connectivity index (χ0) is 27.4. The van der Waals surface area contributed by atoms with Gasteiger partial charge in [0.2, 0.25) is 10.0 Å². The fraction of sp³-hybridized carbons (Fsp3) is 0.375. The number of aldehydes is 1. The molecule has 0 saturated heterocycles. The van der Waals surface area contributed by atoms with Gasteiger partial charge in [-0.1, -0.05) is 26.8 Å². The highest BCUT2D eigenvalue weighted by Crippen LogP contribution is 2.36. The maximum absolute atomic E-state index is 14.2. The molecule has 0 aliphatic rings. The molecule has 198 valence electrons. The molecule has 13 heteroatoms. The Bertz CT molecular complexity index is 1360. The van der Waals surface area contributed by atoms with E-state index in [0.717, 1.165) is 28.1 Å². The molecular weight excluding hydrogens is 518 g/mol. The van der Waals surface area contributed by atoms with Crippen molar-refractivity contribution >= 4 is 44.6 Å². The van der Waals surface area contributed by atoms with Gasteiger partial charge in [-0.25, -0.2) is 13.4 Å². The van der Waals surface area contributed by atoms with E-state index in [1.807, 2.05) is 25.5 Å². The number of methoxy groups -OCH3 is 1. The van der Waals surface area contributed by atoms with E-state index in [4.69, 9.17) is 4.74 Å². The van der Waals surface area contributed by atoms with Crippen LogP contribution < -0.4 is 14.4 Å². The first-order valence-corrected chi connectivity index (χ1v) is 14.0. The maximum atomic E-state index is 14.2. The van der Waals surface area contributed by atoms with Crippen molar-refractivity contribution in [1.82, 2.24) is 19.5 Å². The molecule has 0 saturated carbocycles. The van der Waals surface area contributed by atoms with Crippen molar-refractivity contribution < 1.29 is 27.5 Å². The Balaban J connectivity index is 2.26. The van der Waals surface area contributed by atoms with Crippen LogP contribution in [0, 0.1) is 0 Å². The van der Waals surface area contributed by atoms with Crippen LogP contribution in [0.15, 0.2) is 48.2 Å². The summed E-state index contributed by atoms with van der Waals surface area (Å²) >= 11 is 1.06. The molecule has 0 radical (unpaired) electrons. The molecule has 1 atom stereocenters. The number of sulfonamides is 1. The molecule has 11 nitrogen and oxygen atoms in total. The first kappa shape index (κ1) is 28.0. The predicted molar refractivity (Wildman–Crippen MR) is 139 cm³/mol. The maximum Gasteiger partial charge on any atom is 0.262 e. The molecule has 0 fully saturated rings. The van der Waals surface area contributed by atoms with Gasteiger partial charge in [-0.15, -0.1) is 11.3 Å². The van der Waals surface area contributed by atoms with Crippen LogP contribution in [-0.2, 0) is 31.6 Å². The van der Waals surface area contributed by atoms with Gasteiger partial charge in [0.25, 0.3) is 11.8 Å². The number of nitrogens with one attached hydrogen (secondary N) is 1. The molecule has 0 spiro atoms. The van der Waals surface area contributed by atoms with Crippen LogP contribution in [0.25, 0.3) is 0 Å². The average Bonchev–Trinajstić information content (AvgIpc) is 3.51. The SMILES string of the molecule is COc1cc(C(=O)N(c2nccs2)C(CC=O)(Cn2cccn2)C(=O)NS(C)(=O)=O)ccc1C(C)(C)C. The van der Waals surface area contributed by atoms with Crippen LogP contribution in [0.1, 0.15) is 43.1 Å². The third-order valence-electron chi connectivity index (χ3n) is 5.60. The van der Waals surface area contributed by atoms with Gasteiger partial charge in [0.1, 0.15) is 12.0 Å². The minimum Gasteiger partial charge on any atom is -0.496 e. The van der Waals surface area contributed by atoms with Crippen molar-refractivity contribution in [3.05, 3.63) is 59.4 Å². The van der Waals surface area contributed by atoms with Crippen LogP contribution in [0.4, 0.5) is 5.13 Å². The summed E-state index contributed by atoms with van der Waals surface area (Å²) in [6, 6.07) is 6.51. The highest BCUT2D eigenvalue weighted by molar-refractivity contribution is 7.89. The smallest absolute Gasteiger partial charge is 0.262 e. The second kappa shape index (κ2) is 10.8. The number of ether oxygens (including phenoxy) is 1. The summed E-state index contributed by atoms with van der Waals surface area (Å²) in [6.07, 6.45) is 5.19. The molecule has 2 heterocycles. The molecule has 2 aromatic heterocycles. The number of hydrogen-bond acceptors (Lipinski definition) is 9. The summed E-state index contributed by atoms with van der Waals surface area (Å²) in [6.45, 7) is 5.69.